The summed E-state index contributed by atoms with van der Waals surface area (Å²) in [6.45, 7) is 15.9. The van der Waals surface area contributed by atoms with Gasteiger partial charge in [-0.2, -0.15) is 5.10 Å². The lowest BCUT2D eigenvalue weighted by Gasteiger charge is -2.45. The zero-order chi connectivity index (χ0) is 29.7. The number of aryl methyl sites for hydroxylation is 2. The molecule has 1 aliphatic heterocycles. The molecule has 2 heterocycles. The number of hydrogen-bond donors (Lipinski definition) is 1. The Morgan fingerprint density at radius 1 is 1.20 bits per heavy atom. The normalized spacial score (nSPS) is 26.0. The number of carboxylic acids is 1. The van der Waals surface area contributed by atoms with E-state index in [-0.39, 0.29) is 28.6 Å². The predicted molar refractivity (Wildman–Crippen MR) is 162 cm³/mol. The molecule has 0 bridgehead atoms. The minimum Gasteiger partial charge on any atom is -0.480 e. The fourth-order valence-corrected chi connectivity index (χ4v) is 8.91. The second-order valence-electron chi connectivity index (χ2n) is 14.2. The summed E-state index contributed by atoms with van der Waals surface area (Å²) in [7, 11) is 1.98. The van der Waals surface area contributed by atoms with Crippen molar-refractivity contribution in [1.29, 1.82) is 0 Å². The van der Waals surface area contributed by atoms with Crippen LogP contribution in [0, 0.1) is 17.2 Å². The summed E-state index contributed by atoms with van der Waals surface area (Å²) in [6.07, 6.45) is 7.49. The van der Waals surface area contributed by atoms with Crippen LogP contribution in [0.3, 0.4) is 0 Å². The van der Waals surface area contributed by atoms with E-state index in [1.165, 1.54) is 29.4 Å². The topological polar surface area (TPSA) is 61.6 Å². The van der Waals surface area contributed by atoms with Crippen LogP contribution in [-0.4, -0.2) is 68.9 Å². The number of rotatable bonds is 8. The van der Waals surface area contributed by atoms with Crippen molar-refractivity contribution in [2.45, 2.75) is 122 Å². The van der Waals surface area contributed by atoms with Crippen LogP contribution in [-0.2, 0) is 29.6 Å². The summed E-state index contributed by atoms with van der Waals surface area (Å²) in [5.41, 5.74) is 5.24. The molecule has 226 valence electrons. The fraction of sp³-hybridized carbons (Fsp3) is 0.706. The van der Waals surface area contributed by atoms with Gasteiger partial charge in [0.2, 0.25) is 0 Å². The predicted octanol–water partition coefficient (Wildman–Crippen LogP) is 6.27. The van der Waals surface area contributed by atoms with Gasteiger partial charge in [0.15, 0.2) is 0 Å². The number of aromatic nitrogens is 2. The first-order valence-corrected chi connectivity index (χ1v) is 15.9. The molecule has 2 aliphatic carbocycles. The zero-order valence-electron chi connectivity index (χ0n) is 26.3. The maximum atomic E-state index is 14.4. The summed E-state index contributed by atoms with van der Waals surface area (Å²) in [5.74, 6) is -0.432. The summed E-state index contributed by atoms with van der Waals surface area (Å²) in [4.78, 5) is 17.2. The lowest BCUT2D eigenvalue weighted by molar-refractivity contribution is -0.148. The Morgan fingerprint density at radius 2 is 1.90 bits per heavy atom. The van der Waals surface area contributed by atoms with Gasteiger partial charge >= 0.3 is 5.97 Å². The third-order valence-corrected chi connectivity index (χ3v) is 11.0. The van der Waals surface area contributed by atoms with Crippen molar-refractivity contribution in [2.75, 3.05) is 20.1 Å². The second-order valence-corrected chi connectivity index (χ2v) is 14.2. The zero-order valence-corrected chi connectivity index (χ0v) is 26.3. The minimum atomic E-state index is -0.770. The van der Waals surface area contributed by atoms with Gasteiger partial charge in [-0.15, -0.1) is 0 Å². The first-order valence-electron chi connectivity index (χ1n) is 15.9. The summed E-state index contributed by atoms with van der Waals surface area (Å²) in [5, 5.41) is 15.1. The van der Waals surface area contributed by atoms with Crippen molar-refractivity contribution in [3.8, 4) is 0 Å². The second kappa shape index (κ2) is 11.4. The van der Waals surface area contributed by atoms with Crippen LogP contribution in [0.5, 0.6) is 0 Å². The highest BCUT2D eigenvalue weighted by Gasteiger charge is 2.49. The Morgan fingerprint density at radius 3 is 2.49 bits per heavy atom. The number of benzene rings is 1. The lowest BCUT2D eigenvalue weighted by Crippen LogP contribution is -2.51. The number of nitrogens with zero attached hydrogens (tertiary/aromatic N) is 4. The summed E-state index contributed by atoms with van der Waals surface area (Å²) < 4.78 is 16.7. The van der Waals surface area contributed by atoms with Gasteiger partial charge < -0.3 is 10.0 Å². The average molecular weight is 567 g/mol. The molecule has 2 aromatic rings. The van der Waals surface area contributed by atoms with Crippen LogP contribution in [0.1, 0.15) is 102 Å². The summed E-state index contributed by atoms with van der Waals surface area (Å²) in [6, 6.07) is 7.01. The number of piperidine rings is 1. The van der Waals surface area contributed by atoms with Crippen LogP contribution < -0.4 is 0 Å². The Labute approximate surface area is 246 Å². The number of likely N-dealkylation sites (N-methyl/N-ethyl adjacent to an activating group) is 1. The van der Waals surface area contributed by atoms with Gasteiger partial charge in [-0.25, -0.2) is 4.39 Å². The van der Waals surface area contributed by atoms with Crippen molar-refractivity contribution < 1.29 is 14.3 Å². The van der Waals surface area contributed by atoms with E-state index >= 15 is 0 Å². The van der Waals surface area contributed by atoms with Crippen LogP contribution in [0.4, 0.5) is 4.39 Å². The minimum absolute atomic E-state index is 0.135. The van der Waals surface area contributed by atoms with E-state index < -0.39 is 12.0 Å². The first-order chi connectivity index (χ1) is 19.4. The number of aliphatic carboxylic acids is 1. The molecule has 0 radical (unpaired) electrons. The maximum absolute atomic E-state index is 14.4. The van der Waals surface area contributed by atoms with Crippen LogP contribution in [0.25, 0.3) is 0 Å². The Hall–Kier alpha value is -2.25. The van der Waals surface area contributed by atoms with Crippen molar-refractivity contribution >= 4 is 5.97 Å². The average Bonchev–Trinajstić information content (AvgIpc) is 3.62. The SMILES string of the molecule is CCc1nn(CC)c2c1CCC21CCN([C@H](C)[C@H]2C[C@@H](N(C)[C@@H](C(=O)O)C(C)(C)C)C[C@@H]2c2cccc(F)c2)CC1. The molecular formula is C34H51FN4O2. The Bertz CT molecular complexity index is 1240. The van der Waals surface area contributed by atoms with Gasteiger partial charge in [0.25, 0.3) is 0 Å². The van der Waals surface area contributed by atoms with E-state index in [9.17, 15) is 14.3 Å². The first kappa shape index (κ1) is 30.2. The lowest BCUT2D eigenvalue weighted by atomic mass is 9.75. The molecule has 41 heavy (non-hydrogen) atoms. The standard InChI is InChI=1S/C34H51FN4O2/c1-8-29-26-13-14-34(30(26)39(9-2)36-29)15-17-38(18-16-34)22(3)27-20-25(37(7)31(32(40)41)33(4,5)6)21-28(27)23-11-10-12-24(35)19-23/h10-12,19,22,25,27-28,31H,8-9,13-18,20-21H2,1-7H3,(H,40,41)/t22-,25-,27-,28-,31+/m1/s1. The molecule has 0 unspecified atom stereocenters. The highest BCUT2D eigenvalue weighted by Crippen LogP contribution is 2.50. The molecule has 2 fully saturated rings. The third kappa shape index (κ3) is 5.49. The van der Waals surface area contributed by atoms with Gasteiger partial charge in [-0.3, -0.25) is 14.4 Å². The van der Waals surface area contributed by atoms with Gasteiger partial charge in [0, 0.05) is 29.7 Å². The van der Waals surface area contributed by atoms with Crippen molar-refractivity contribution in [3.05, 3.63) is 52.6 Å². The Balaban J connectivity index is 1.37. The molecular weight excluding hydrogens is 515 g/mol. The van der Waals surface area contributed by atoms with E-state index in [1.54, 1.807) is 6.07 Å². The number of fused-ring (bicyclic) bond motifs is 2. The molecule has 5 rings (SSSR count). The van der Waals surface area contributed by atoms with E-state index in [1.807, 2.05) is 33.9 Å². The molecule has 1 aromatic carbocycles. The molecule has 0 amide bonds. The highest BCUT2D eigenvalue weighted by atomic mass is 19.1. The molecule has 1 saturated heterocycles. The van der Waals surface area contributed by atoms with Gasteiger partial charge in [-0.1, -0.05) is 39.8 Å². The number of hydrogen-bond acceptors (Lipinski definition) is 4. The van der Waals surface area contributed by atoms with Gasteiger partial charge in [0.1, 0.15) is 11.9 Å². The quantitative estimate of drug-likeness (QED) is 0.408. The maximum Gasteiger partial charge on any atom is 0.321 e. The molecule has 7 heteroatoms. The van der Waals surface area contributed by atoms with Crippen LogP contribution in [0.15, 0.2) is 24.3 Å². The smallest absolute Gasteiger partial charge is 0.321 e. The van der Waals surface area contributed by atoms with Gasteiger partial charge in [-0.05, 0) is 119 Å². The van der Waals surface area contributed by atoms with E-state index in [4.69, 9.17) is 5.10 Å². The molecule has 1 spiro atoms. The van der Waals surface area contributed by atoms with Crippen LogP contribution in [0.2, 0.25) is 0 Å². The monoisotopic (exact) mass is 566 g/mol. The van der Waals surface area contributed by atoms with E-state index in [0.29, 0.717) is 12.0 Å². The van der Waals surface area contributed by atoms with E-state index in [0.717, 1.165) is 63.7 Å². The third-order valence-electron chi connectivity index (χ3n) is 11.0. The summed E-state index contributed by atoms with van der Waals surface area (Å²) >= 11 is 0. The van der Waals surface area contributed by atoms with Crippen molar-refractivity contribution in [1.82, 2.24) is 19.6 Å². The molecule has 6 nitrogen and oxygen atoms in total. The highest BCUT2D eigenvalue weighted by molar-refractivity contribution is 5.74. The number of halogens is 1. The largest absolute Gasteiger partial charge is 0.480 e. The molecule has 1 N–H and O–H groups in total. The van der Waals surface area contributed by atoms with Crippen molar-refractivity contribution in [3.63, 3.8) is 0 Å². The molecule has 1 aromatic heterocycles. The van der Waals surface area contributed by atoms with Crippen molar-refractivity contribution in [2.24, 2.45) is 11.3 Å². The van der Waals surface area contributed by atoms with Crippen LogP contribution >= 0.6 is 0 Å². The fourth-order valence-electron chi connectivity index (χ4n) is 8.91. The Kier molecular flexibility index (Phi) is 8.43. The number of likely N-dealkylation sites (tertiary alicyclic amines) is 1. The molecule has 1 saturated carbocycles. The molecule has 5 atom stereocenters. The number of carboxylic acid groups (broad SMARTS) is 1. The number of carbonyl (C=O) groups is 1. The van der Waals surface area contributed by atoms with Gasteiger partial charge in [0.05, 0.1) is 5.69 Å². The van der Waals surface area contributed by atoms with E-state index in [2.05, 4.69) is 41.3 Å². The molecule has 3 aliphatic rings.